The molecule has 3 aromatic heterocycles. The summed E-state index contributed by atoms with van der Waals surface area (Å²) in [6, 6.07) is 13.0. The first kappa shape index (κ1) is 18.2. The fraction of sp³-hybridized carbons (Fsp3) is 0.182. The van der Waals surface area contributed by atoms with Crippen molar-refractivity contribution in [2.24, 2.45) is 0 Å². The number of aromatic amines is 1. The molecule has 0 radical (unpaired) electrons. The number of para-hydroxylation sites is 3. The Labute approximate surface area is 171 Å². The molecule has 1 N–H and O–H groups in total. The van der Waals surface area contributed by atoms with Crippen LogP contribution >= 0.6 is 0 Å². The third-order valence-electron chi connectivity index (χ3n) is 4.90. The van der Waals surface area contributed by atoms with E-state index in [0.29, 0.717) is 24.0 Å². The van der Waals surface area contributed by atoms with Gasteiger partial charge in [0.2, 0.25) is 5.95 Å². The van der Waals surface area contributed by atoms with E-state index in [1.54, 1.807) is 18.6 Å². The molecule has 6 rings (SSSR count). The topological polar surface area (TPSA) is 81.5 Å². The number of hydrogen-bond acceptors (Lipinski definition) is 5. The predicted molar refractivity (Wildman–Crippen MR) is 111 cm³/mol. The third kappa shape index (κ3) is 3.36. The van der Waals surface area contributed by atoms with Crippen molar-refractivity contribution in [1.82, 2.24) is 29.5 Å². The summed E-state index contributed by atoms with van der Waals surface area (Å²) in [4.78, 5) is 20.6. The maximum absolute atomic E-state index is 12.9. The van der Waals surface area contributed by atoms with Gasteiger partial charge >= 0.3 is 0 Å². The number of fused-ring (bicyclic) bond motifs is 3. The van der Waals surface area contributed by atoms with Gasteiger partial charge in [-0.05, 0) is 43.5 Å². The normalized spacial score (nSPS) is 12.9. The van der Waals surface area contributed by atoms with E-state index in [2.05, 4.69) is 24.9 Å². The molecule has 1 aliphatic heterocycles. The van der Waals surface area contributed by atoms with Gasteiger partial charge in [-0.1, -0.05) is 24.3 Å². The molecule has 0 spiro atoms. The minimum absolute atomic E-state index is 0.234. The largest absolute Gasteiger partial charge is 0.490 e. The molecular formula is C22H19FN6O. The molecule has 0 saturated carbocycles. The van der Waals surface area contributed by atoms with Gasteiger partial charge in [0, 0.05) is 0 Å². The van der Waals surface area contributed by atoms with Crippen LogP contribution in [0.1, 0.15) is 17.8 Å². The van der Waals surface area contributed by atoms with Crippen molar-refractivity contribution in [1.29, 1.82) is 0 Å². The molecule has 8 heteroatoms. The van der Waals surface area contributed by atoms with Crippen LogP contribution in [0.25, 0.3) is 28.1 Å². The van der Waals surface area contributed by atoms with Crippen molar-refractivity contribution < 1.29 is 9.13 Å². The maximum Gasteiger partial charge on any atom is 0.237 e. The van der Waals surface area contributed by atoms with Gasteiger partial charge < -0.3 is 9.72 Å². The van der Waals surface area contributed by atoms with Crippen LogP contribution < -0.4 is 4.74 Å². The molecule has 5 aromatic rings. The first-order valence-corrected chi connectivity index (χ1v) is 9.71. The minimum Gasteiger partial charge on any atom is -0.490 e. The Morgan fingerprint density at radius 3 is 2.87 bits per heavy atom. The number of aromatic nitrogens is 6. The number of nitrogens with one attached hydrogen (secondary N) is 1. The highest BCUT2D eigenvalue weighted by Crippen LogP contribution is 2.27. The van der Waals surface area contributed by atoms with Crippen LogP contribution in [-0.2, 0) is 6.42 Å². The van der Waals surface area contributed by atoms with Gasteiger partial charge in [-0.25, -0.2) is 19.3 Å². The summed E-state index contributed by atoms with van der Waals surface area (Å²) in [5.41, 5.74) is 4.40. The second-order valence-corrected chi connectivity index (χ2v) is 7.01. The minimum atomic E-state index is -0.234. The highest BCUT2D eigenvalue weighted by Gasteiger charge is 2.13. The summed E-state index contributed by atoms with van der Waals surface area (Å²) in [5.74, 6) is 1.63. The van der Waals surface area contributed by atoms with E-state index in [1.165, 1.54) is 6.07 Å². The molecule has 0 unspecified atom stereocenters. The number of aryl methyl sites for hydroxylation is 2. The van der Waals surface area contributed by atoms with Gasteiger partial charge in [0.15, 0.2) is 17.2 Å². The second kappa shape index (κ2) is 7.55. The summed E-state index contributed by atoms with van der Waals surface area (Å²) in [6.45, 7) is 2.54. The van der Waals surface area contributed by atoms with Crippen LogP contribution in [-0.4, -0.2) is 36.1 Å². The van der Waals surface area contributed by atoms with Crippen molar-refractivity contribution >= 4 is 22.2 Å². The molecule has 0 amide bonds. The van der Waals surface area contributed by atoms with Gasteiger partial charge in [0.1, 0.15) is 17.7 Å². The number of nitrogens with zero attached hydrogens (tertiary/aromatic N) is 5. The smallest absolute Gasteiger partial charge is 0.237 e. The quantitative estimate of drug-likeness (QED) is 0.456. The Hall–Kier alpha value is -3.81. The summed E-state index contributed by atoms with van der Waals surface area (Å²) in [5, 5.41) is 0. The Morgan fingerprint density at radius 2 is 1.97 bits per heavy atom. The van der Waals surface area contributed by atoms with Crippen LogP contribution in [0.2, 0.25) is 0 Å². The molecule has 150 valence electrons. The number of benzene rings is 2. The Morgan fingerprint density at radius 1 is 1.07 bits per heavy atom. The molecule has 30 heavy (non-hydrogen) atoms. The number of rotatable bonds is 1. The molecule has 0 saturated heterocycles. The van der Waals surface area contributed by atoms with Crippen LogP contribution in [0, 0.1) is 12.7 Å². The third-order valence-corrected chi connectivity index (χ3v) is 4.90. The summed E-state index contributed by atoms with van der Waals surface area (Å²) in [6.07, 6.45) is 5.40. The molecule has 0 atom stereocenters. The number of halogens is 1. The van der Waals surface area contributed by atoms with Crippen LogP contribution in [0.3, 0.4) is 0 Å². The molecule has 7 nitrogen and oxygen atoms in total. The first-order chi connectivity index (χ1) is 14.7. The van der Waals surface area contributed by atoms with E-state index in [0.717, 1.165) is 40.8 Å². The van der Waals surface area contributed by atoms with Crippen LogP contribution in [0.4, 0.5) is 4.39 Å². The lowest BCUT2D eigenvalue weighted by Gasteiger charge is -2.16. The summed E-state index contributed by atoms with van der Waals surface area (Å²) in [7, 11) is 0. The van der Waals surface area contributed by atoms with E-state index in [1.807, 2.05) is 41.8 Å². The molecule has 0 fully saturated rings. The molecule has 0 aliphatic carbocycles. The van der Waals surface area contributed by atoms with E-state index in [-0.39, 0.29) is 5.82 Å². The van der Waals surface area contributed by atoms with Gasteiger partial charge in [-0.3, -0.25) is 4.57 Å². The zero-order valence-electron chi connectivity index (χ0n) is 16.3. The molecule has 0 bridgehead atoms. The number of hydrogen-bond donors (Lipinski definition) is 1. The standard InChI is InChI=1S/C13H10N6.C9H9FO/c1-8-16-10-6-14-13(18-12(10)17-8)19-7-15-9-4-2-3-5-11(9)19;10-8-5-1-3-7-4-2-6-11-9(7)8/h2-7H,1H3,(H,14,16,17,18);1,3,5H,2,4,6H2. The highest BCUT2D eigenvalue weighted by molar-refractivity contribution is 5.77. The zero-order valence-corrected chi connectivity index (χ0v) is 16.3. The van der Waals surface area contributed by atoms with Gasteiger partial charge in [0.05, 0.1) is 23.8 Å². The molecule has 2 aromatic carbocycles. The maximum atomic E-state index is 12.9. The summed E-state index contributed by atoms with van der Waals surface area (Å²) >= 11 is 0. The fourth-order valence-electron chi connectivity index (χ4n) is 3.50. The number of H-pyrrole nitrogens is 1. The van der Waals surface area contributed by atoms with Crippen molar-refractivity contribution in [2.45, 2.75) is 19.8 Å². The van der Waals surface area contributed by atoms with E-state index in [4.69, 9.17) is 4.74 Å². The Bertz CT molecular complexity index is 1340. The molecule has 4 heterocycles. The molecule has 1 aliphatic rings. The Balaban J connectivity index is 0.000000149. The lowest BCUT2D eigenvalue weighted by Crippen LogP contribution is -2.09. The van der Waals surface area contributed by atoms with Gasteiger partial charge in [-0.2, -0.15) is 4.98 Å². The molecular weight excluding hydrogens is 383 g/mol. The lowest BCUT2D eigenvalue weighted by atomic mass is 10.1. The average Bonchev–Trinajstić information content (AvgIpc) is 3.36. The van der Waals surface area contributed by atoms with Crippen molar-refractivity contribution in [3.8, 4) is 11.7 Å². The Kier molecular flexibility index (Phi) is 4.59. The van der Waals surface area contributed by atoms with Crippen molar-refractivity contribution in [3.05, 3.63) is 72.2 Å². The van der Waals surface area contributed by atoms with E-state index >= 15 is 0 Å². The predicted octanol–water partition coefficient (Wildman–Crippen LogP) is 4.15. The highest BCUT2D eigenvalue weighted by atomic mass is 19.1. The fourth-order valence-corrected chi connectivity index (χ4v) is 3.50. The number of ether oxygens (including phenoxy) is 1. The monoisotopic (exact) mass is 402 g/mol. The van der Waals surface area contributed by atoms with Crippen molar-refractivity contribution in [2.75, 3.05) is 6.61 Å². The van der Waals surface area contributed by atoms with E-state index in [9.17, 15) is 4.39 Å². The number of imidazole rings is 2. The summed E-state index contributed by atoms with van der Waals surface area (Å²) < 4.78 is 20.0. The average molecular weight is 402 g/mol. The first-order valence-electron chi connectivity index (χ1n) is 9.71. The SMILES string of the molecule is Cc1nc2nc(-n3cnc4ccccc43)ncc2[nH]1.Fc1cccc2c1OCCC2. The zero-order chi connectivity index (χ0) is 20.5. The van der Waals surface area contributed by atoms with Crippen molar-refractivity contribution in [3.63, 3.8) is 0 Å². The lowest BCUT2D eigenvalue weighted by molar-refractivity contribution is 0.273. The van der Waals surface area contributed by atoms with Gasteiger partial charge in [-0.15, -0.1) is 0 Å². The van der Waals surface area contributed by atoms with Crippen LogP contribution in [0.5, 0.6) is 5.75 Å². The van der Waals surface area contributed by atoms with Gasteiger partial charge in [0.25, 0.3) is 0 Å². The van der Waals surface area contributed by atoms with E-state index < -0.39 is 0 Å². The van der Waals surface area contributed by atoms with Crippen LogP contribution in [0.15, 0.2) is 55.0 Å². The second-order valence-electron chi connectivity index (χ2n) is 7.01.